The number of benzene rings is 1. The number of aliphatic hydroxyl groups is 1. The Morgan fingerprint density at radius 1 is 0.808 bits per heavy atom. The Labute approximate surface area is 159 Å². The van der Waals surface area contributed by atoms with Gasteiger partial charge >= 0.3 is 0 Å². The quantitative estimate of drug-likeness (QED) is 0.668. The minimum Gasteiger partial charge on any atom is -0.392 e. The molecule has 0 radical (unpaired) electrons. The molecule has 2 fully saturated rings. The van der Waals surface area contributed by atoms with Crippen molar-refractivity contribution in [3.63, 3.8) is 0 Å². The van der Waals surface area contributed by atoms with Gasteiger partial charge in [0.2, 0.25) is 0 Å². The third kappa shape index (κ3) is 3.78. The van der Waals surface area contributed by atoms with Crippen LogP contribution in [0.2, 0.25) is 0 Å². The molecule has 1 heterocycles. The first kappa shape index (κ1) is 18.3. The van der Waals surface area contributed by atoms with Gasteiger partial charge in [0.05, 0.1) is 12.3 Å². The van der Waals surface area contributed by atoms with E-state index in [0.717, 1.165) is 16.9 Å². The molecule has 0 spiro atoms. The van der Waals surface area contributed by atoms with Gasteiger partial charge in [0.25, 0.3) is 0 Å². The number of aromatic nitrogens is 1. The summed E-state index contributed by atoms with van der Waals surface area (Å²) < 4.78 is 2.42. The van der Waals surface area contributed by atoms with Crippen molar-refractivity contribution in [1.82, 2.24) is 4.57 Å². The van der Waals surface area contributed by atoms with E-state index in [1.807, 2.05) is 6.07 Å². The highest BCUT2D eigenvalue weighted by molar-refractivity contribution is 7.66. The molecule has 140 valence electrons. The Bertz CT molecular complexity index is 680. The Balaban J connectivity index is 1.73. The highest BCUT2D eigenvalue weighted by atomic mass is 31.1. The lowest BCUT2D eigenvalue weighted by molar-refractivity contribution is 0.281. The normalized spacial score (nSPS) is 19.9. The SMILES string of the molecule is OCc1ccccc1-n1cccc1P(C1CCCCC1)C1CCCCC1. The molecular weight excluding hydrogens is 337 g/mol. The van der Waals surface area contributed by atoms with Gasteiger partial charge in [-0.3, -0.25) is 0 Å². The summed E-state index contributed by atoms with van der Waals surface area (Å²) in [6.07, 6.45) is 16.5. The van der Waals surface area contributed by atoms with Gasteiger partial charge in [-0.15, -0.1) is 0 Å². The smallest absolute Gasteiger partial charge is 0.0702 e. The van der Waals surface area contributed by atoms with E-state index in [1.54, 1.807) is 5.44 Å². The minimum absolute atomic E-state index is 0.110. The van der Waals surface area contributed by atoms with E-state index in [1.165, 1.54) is 69.9 Å². The molecule has 4 rings (SSSR count). The van der Waals surface area contributed by atoms with Crippen molar-refractivity contribution >= 4 is 13.4 Å². The zero-order chi connectivity index (χ0) is 17.8. The lowest BCUT2D eigenvalue weighted by Gasteiger charge is -2.39. The molecule has 0 unspecified atom stereocenters. The molecule has 3 heteroatoms. The van der Waals surface area contributed by atoms with Crippen LogP contribution in [0.4, 0.5) is 0 Å². The molecule has 0 saturated heterocycles. The summed E-state index contributed by atoms with van der Waals surface area (Å²) in [6, 6.07) is 13.0. The van der Waals surface area contributed by atoms with Gasteiger partial charge in [0, 0.05) is 17.2 Å². The summed E-state index contributed by atoms with van der Waals surface area (Å²) >= 11 is 0. The van der Waals surface area contributed by atoms with Gasteiger partial charge in [-0.1, -0.05) is 64.6 Å². The summed E-state index contributed by atoms with van der Waals surface area (Å²) in [5.41, 5.74) is 5.56. The van der Waals surface area contributed by atoms with E-state index >= 15 is 0 Å². The zero-order valence-electron chi connectivity index (χ0n) is 15.8. The van der Waals surface area contributed by atoms with E-state index in [0.29, 0.717) is 0 Å². The van der Waals surface area contributed by atoms with Crippen molar-refractivity contribution in [3.8, 4) is 5.69 Å². The van der Waals surface area contributed by atoms with Gasteiger partial charge in [-0.05, 0) is 55.2 Å². The third-order valence-electron chi connectivity index (χ3n) is 6.35. The first-order valence-corrected chi connectivity index (χ1v) is 12.0. The van der Waals surface area contributed by atoms with E-state index in [4.69, 9.17) is 0 Å². The standard InChI is InChI=1S/C23H32NOP/c25-18-19-10-7-8-15-22(19)24-17-9-16-23(24)26(20-11-3-1-4-12-20)21-13-5-2-6-14-21/h7-10,15-17,20-21,25H,1-6,11-14,18H2. The average Bonchev–Trinajstić information content (AvgIpc) is 3.19. The van der Waals surface area contributed by atoms with Crippen LogP contribution in [0.25, 0.3) is 5.69 Å². The third-order valence-corrected chi connectivity index (χ3v) is 9.85. The number of hydrogen-bond donors (Lipinski definition) is 1. The number of nitrogens with zero attached hydrogens (tertiary/aromatic N) is 1. The van der Waals surface area contributed by atoms with Crippen molar-refractivity contribution in [2.75, 3.05) is 0 Å². The van der Waals surface area contributed by atoms with Gasteiger partial charge in [-0.2, -0.15) is 0 Å². The highest BCUT2D eigenvalue weighted by Gasteiger charge is 2.34. The fourth-order valence-electron chi connectivity index (χ4n) is 5.06. The van der Waals surface area contributed by atoms with E-state index < -0.39 is 0 Å². The van der Waals surface area contributed by atoms with E-state index in [-0.39, 0.29) is 14.5 Å². The summed E-state index contributed by atoms with van der Waals surface area (Å²) in [7, 11) is -0.136. The molecular formula is C23H32NOP. The molecule has 0 aliphatic heterocycles. The molecule has 0 bridgehead atoms. The molecule has 1 aromatic carbocycles. The first-order valence-electron chi connectivity index (χ1n) is 10.5. The largest absolute Gasteiger partial charge is 0.392 e. The Morgan fingerprint density at radius 2 is 1.42 bits per heavy atom. The zero-order valence-corrected chi connectivity index (χ0v) is 16.7. The Morgan fingerprint density at radius 3 is 2.04 bits per heavy atom. The fraction of sp³-hybridized carbons (Fsp3) is 0.565. The predicted octanol–water partition coefficient (Wildman–Crippen LogP) is 5.74. The van der Waals surface area contributed by atoms with Crippen LogP contribution in [0.1, 0.15) is 69.8 Å². The topological polar surface area (TPSA) is 25.2 Å². The van der Waals surface area contributed by atoms with Crippen LogP contribution in [0.15, 0.2) is 42.6 Å². The minimum atomic E-state index is -0.136. The molecule has 2 aliphatic rings. The molecule has 2 aromatic rings. The summed E-state index contributed by atoms with van der Waals surface area (Å²) in [5, 5.41) is 9.84. The summed E-state index contributed by atoms with van der Waals surface area (Å²) in [4.78, 5) is 0. The summed E-state index contributed by atoms with van der Waals surface area (Å²) in [5.74, 6) is 0. The molecule has 26 heavy (non-hydrogen) atoms. The van der Waals surface area contributed by atoms with Gasteiger partial charge in [0.15, 0.2) is 0 Å². The fourth-order valence-corrected chi connectivity index (χ4v) is 8.93. The monoisotopic (exact) mass is 369 g/mol. The van der Waals surface area contributed by atoms with Crippen LogP contribution in [0.5, 0.6) is 0 Å². The second-order valence-corrected chi connectivity index (χ2v) is 10.7. The number of aliphatic hydroxyl groups excluding tert-OH is 1. The Hall–Kier alpha value is -1.11. The molecule has 1 aromatic heterocycles. The van der Waals surface area contributed by atoms with Crippen LogP contribution in [0, 0.1) is 0 Å². The summed E-state index contributed by atoms with van der Waals surface area (Å²) in [6.45, 7) is 0.110. The van der Waals surface area contributed by atoms with Crippen LogP contribution in [-0.4, -0.2) is 21.0 Å². The first-order chi connectivity index (χ1) is 12.9. The lowest BCUT2D eigenvalue weighted by atomic mass is 9.99. The van der Waals surface area contributed by atoms with Crippen molar-refractivity contribution in [2.45, 2.75) is 82.1 Å². The second kappa shape index (κ2) is 8.72. The number of para-hydroxylation sites is 1. The molecule has 1 N–H and O–H groups in total. The maximum absolute atomic E-state index is 9.84. The molecule has 0 atom stereocenters. The lowest BCUT2D eigenvalue weighted by Crippen LogP contribution is -2.29. The number of hydrogen-bond acceptors (Lipinski definition) is 1. The maximum atomic E-state index is 9.84. The van der Waals surface area contributed by atoms with Crippen LogP contribution in [0.3, 0.4) is 0 Å². The average molecular weight is 369 g/mol. The van der Waals surface area contributed by atoms with E-state index in [2.05, 4.69) is 41.1 Å². The van der Waals surface area contributed by atoms with Crippen LogP contribution in [-0.2, 0) is 6.61 Å². The molecule has 2 nitrogen and oxygen atoms in total. The van der Waals surface area contributed by atoms with Crippen molar-refractivity contribution in [1.29, 1.82) is 0 Å². The van der Waals surface area contributed by atoms with Gasteiger partial charge in [0.1, 0.15) is 0 Å². The van der Waals surface area contributed by atoms with Gasteiger partial charge < -0.3 is 9.67 Å². The van der Waals surface area contributed by atoms with Crippen molar-refractivity contribution in [2.24, 2.45) is 0 Å². The van der Waals surface area contributed by atoms with Crippen LogP contribution >= 0.6 is 7.92 Å². The van der Waals surface area contributed by atoms with Crippen molar-refractivity contribution < 1.29 is 5.11 Å². The van der Waals surface area contributed by atoms with Crippen molar-refractivity contribution in [3.05, 3.63) is 48.2 Å². The highest BCUT2D eigenvalue weighted by Crippen LogP contribution is 2.55. The molecule has 2 saturated carbocycles. The molecule has 2 aliphatic carbocycles. The van der Waals surface area contributed by atoms with Gasteiger partial charge in [-0.25, -0.2) is 0 Å². The Kier molecular flexibility index (Phi) is 6.12. The molecule has 0 amide bonds. The van der Waals surface area contributed by atoms with E-state index in [9.17, 15) is 5.11 Å². The van der Waals surface area contributed by atoms with Crippen LogP contribution < -0.4 is 5.44 Å². The predicted molar refractivity (Wildman–Crippen MR) is 112 cm³/mol. The second-order valence-electron chi connectivity index (χ2n) is 8.01. The maximum Gasteiger partial charge on any atom is 0.0702 e. The number of rotatable bonds is 5.